The summed E-state index contributed by atoms with van der Waals surface area (Å²) in [6, 6.07) is 8.00. The first kappa shape index (κ1) is 16.4. The van der Waals surface area contributed by atoms with Crippen LogP contribution in [0.4, 0.5) is 22.7 Å². The topological polar surface area (TPSA) is 136 Å². The van der Waals surface area contributed by atoms with Gasteiger partial charge in [0.25, 0.3) is 11.4 Å². The molecule has 2 aromatic carbocycles. The lowest BCUT2D eigenvalue weighted by molar-refractivity contribution is -0.393. The number of carbonyl (C=O) groups is 1. The van der Waals surface area contributed by atoms with Gasteiger partial charge in [-0.25, -0.2) is 4.79 Å². The van der Waals surface area contributed by atoms with Crippen LogP contribution in [0.25, 0.3) is 0 Å². The van der Waals surface area contributed by atoms with Gasteiger partial charge in [0, 0.05) is 16.2 Å². The predicted octanol–water partition coefficient (Wildman–Crippen LogP) is 3.71. The molecule has 0 bridgehead atoms. The Morgan fingerprint density at radius 3 is 2.35 bits per heavy atom. The minimum Gasteiger partial charge on any atom is -0.478 e. The van der Waals surface area contributed by atoms with Gasteiger partial charge >= 0.3 is 5.97 Å². The van der Waals surface area contributed by atoms with Crippen molar-refractivity contribution in [1.29, 1.82) is 0 Å². The van der Waals surface area contributed by atoms with Gasteiger partial charge in [-0.05, 0) is 18.2 Å². The molecule has 0 heterocycles. The van der Waals surface area contributed by atoms with E-state index in [2.05, 4.69) is 21.2 Å². The van der Waals surface area contributed by atoms with Crippen molar-refractivity contribution >= 4 is 44.6 Å². The van der Waals surface area contributed by atoms with Crippen LogP contribution < -0.4 is 5.32 Å². The number of nitro groups is 2. The van der Waals surface area contributed by atoms with Gasteiger partial charge in [-0.2, -0.15) is 0 Å². The molecule has 0 amide bonds. The number of nitrogens with zero attached hydrogens (tertiary/aromatic N) is 2. The fourth-order valence-electron chi connectivity index (χ4n) is 1.87. The summed E-state index contributed by atoms with van der Waals surface area (Å²) in [4.78, 5) is 31.6. The number of carboxylic acid groups (broad SMARTS) is 1. The van der Waals surface area contributed by atoms with Crippen molar-refractivity contribution in [3.8, 4) is 0 Å². The number of halogens is 1. The zero-order chi connectivity index (χ0) is 17.1. The van der Waals surface area contributed by atoms with Crippen LogP contribution in [0.5, 0.6) is 0 Å². The SMILES string of the molecule is O=C(O)c1cc([N+](=O)[O-])cc([N+](=O)[O-])c1Nc1cccc(Br)c1. The molecule has 0 atom stereocenters. The van der Waals surface area contributed by atoms with Crippen LogP contribution in [0.3, 0.4) is 0 Å². The zero-order valence-corrected chi connectivity index (χ0v) is 12.8. The van der Waals surface area contributed by atoms with E-state index in [0.29, 0.717) is 16.2 Å². The van der Waals surface area contributed by atoms with Gasteiger partial charge in [-0.3, -0.25) is 20.2 Å². The van der Waals surface area contributed by atoms with Crippen molar-refractivity contribution in [1.82, 2.24) is 0 Å². The van der Waals surface area contributed by atoms with E-state index < -0.39 is 32.8 Å². The summed E-state index contributed by atoms with van der Waals surface area (Å²) < 4.78 is 0.670. The number of benzene rings is 2. The van der Waals surface area contributed by atoms with E-state index in [1.807, 2.05) is 0 Å². The monoisotopic (exact) mass is 381 g/mol. The van der Waals surface area contributed by atoms with E-state index >= 15 is 0 Å². The predicted molar refractivity (Wildman–Crippen MR) is 84.1 cm³/mol. The molecule has 9 nitrogen and oxygen atoms in total. The summed E-state index contributed by atoms with van der Waals surface area (Å²) in [5.74, 6) is -1.52. The molecule has 0 aliphatic rings. The van der Waals surface area contributed by atoms with Crippen LogP contribution in [-0.4, -0.2) is 20.9 Å². The molecular weight excluding hydrogens is 374 g/mol. The van der Waals surface area contributed by atoms with E-state index in [1.165, 1.54) is 0 Å². The van der Waals surface area contributed by atoms with Gasteiger partial charge < -0.3 is 10.4 Å². The lowest BCUT2D eigenvalue weighted by atomic mass is 10.1. The third kappa shape index (κ3) is 3.61. The average molecular weight is 382 g/mol. The molecule has 0 saturated carbocycles. The molecule has 0 aliphatic carbocycles. The minimum absolute atomic E-state index is 0.328. The summed E-state index contributed by atoms with van der Waals surface area (Å²) in [5.41, 5.74) is -1.87. The van der Waals surface area contributed by atoms with Crippen LogP contribution in [0.2, 0.25) is 0 Å². The molecule has 0 spiro atoms. The van der Waals surface area contributed by atoms with Crippen LogP contribution >= 0.6 is 15.9 Å². The van der Waals surface area contributed by atoms with Crippen molar-refractivity contribution in [2.75, 3.05) is 5.32 Å². The Hall–Kier alpha value is -3.01. The van der Waals surface area contributed by atoms with Crippen LogP contribution in [0.1, 0.15) is 10.4 Å². The van der Waals surface area contributed by atoms with Gasteiger partial charge in [0.05, 0.1) is 21.5 Å². The Morgan fingerprint density at radius 1 is 1.13 bits per heavy atom. The van der Waals surface area contributed by atoms with E-state index in [9.17, 15) is 30.1 Å². The highest BCUT2D eigenvalue weighted by molar-refractivity contribution is 9.10. The summed E-state index contributed by atoms with van der Waals surface area (Å²) >= 11 is 3.22. The van der Waals surface area contributed by atoms with E-state index in [1.54, 1.807) is 24.3 Å². The maximum Gasteiger partial charge on any atom is 0.338 e. The number of hydrogen-bond acceptors (Lipinski definition) is 6. The number of rotatable bonds is 5. The standard InChI is InChI=1S/C13H8BrN3O6/c14-7-2-1-3-8(4-7)15-12-10(13(18)19)5-9(16(20)21)6-11(12)17(22)23/h1-6,15H,(H,18,19). The van der Waals surface area contributed by atoms with E-state index in [0.717, 1.165) is 6.07 Å². The van der Waals surface area contributed by atoms with Crippen LogP contribution in [0.15, 0.2) is 40.9 Å². The zero-order valence-electron chi connectivity index (χ0n) is 11.2. The number of nitrogens with one attached hydrogen (secondary N) is 1. The number of nitro benzene ring substituents is 2. The second-order valence-electron chi connectivity index (χ2n) is 4.34. The minimum atomic E-state index is -1.52. The Morgan fingerprint density at radius 2 is 1.83 bits per heavy atom. The molecule has 2 N–H and O–H groups in total. The summed E-state index contributed by atoms with van der Waals surface area (Å²) in [5, 5.41) is 33.8. The molecule has 118 valence electrons. The number of non-ortho nitro benzene ring substituents is 1. The van der Waals surface area contributed by atoms with Crippen molar-refractivity contribution in [3.63, 3.8) is 0 Å². The lowest BCUT2D eigenvalue weighted by Gasteiger charge is -2.10. The van der Waals surface area contributed by atoms with Gasteiger partial charge in [0.1, 0.15) is 5.69 Å². The van der Waals surface area contributed by atoms with Gasteiger partial charge in [0.2, 0.25) is 0 Å². The molecular formula is C13H8BrN3O6. The molecule has 2 rings (SSSR count). The molecule has 10 heteroatoms. The third-order valence-corrected chi connectivity index (χ3v) is 3.33. The van der Waals surface area contributed by atoms with Gasteiger partial charge in [-0.15, -0.1) is 0 Å². The van der Waals surface area contributed by atoms with Crippen LogP contribution in [0, 0.1) is 20.2 Å². The summed E-state index contributed by atoms with van der Waals surface area (Å²) in [6.45, 7) is 0. The van der Waals surface area contributed by atoms with Crippen LogP contribution in [-0.2, 0) is 0 Å². The van der Waals surface area contributed by atoms with Gasteiger partial charge in [0.15, 0.2) is 0 Å². The smallest absolute Gasteiger partial charge is 0.338 e. The summed E-state index contributed by atoms with van der Waals surface area (Å²) in [7, 11) is 0. The highest BCUT2D eigenvalue weighted by Crippen LogP contribution is 2.35. The molecule has 0 fully saturated rings. The van der Waals surface area contributed by atoms with Crippen molar-refractivity contribution in [3.05, 3.63) is 66.7 Å². The molecule has 0 unspecified atom stereocenters. The highest BCUT2D eigenvalue weighted by atomic mass is 79.9. The van der Waals surface area contributed by atoms with E-state index in [-0.39, 0.29) is 5.69 Å². The number of aromatic carboxylic acids is 1. The normalized spacial score (nSPS) is 10.1. The maximum absolute atomic E-state index is 11.3. The van der Waals surface area contributed by atoms with Crippen molar-refractivity contribution in [2.45, 2.75) is 0 Å². The molecule has 23 heavy (non-hydrogen) atoms. The fourth-order valence-corrected chi connectivity index (χ4v) is 2.27. The number of hydrogen-bond donors (Lipinski definition) is 2. The molecule has 0 radical (unpaired) electrons. The number of carboxylic acids is 1. The lowest BCUT2D eigenvalue weighted by Crippen LogP contribution is -2.07. The van der Waals surface area contributed by atoms with E-state index in [4.69, 9.17) is 0 Å². The third-order valence-electron chi connectivity index (χ3n) is 2.83. The highest BCUT2D eigenvalue weighted by Gasteiger charge is 2.27. The second-order valence-corrected chi connectivity index (χ2v) is 5.26. The molecule has 0 aromatic heterocycles. The van der Waals surface area contributed by atoms with Gasteiger partial charge in [-0.1, -0.05) is 22.0 Å². The average Bonchev–Trinajstić information content (AvgIpc) is 2.46. The molecule has 0 saturated heterocycles. The molecule has 2 aromatic rings. The fraction of sp³-hybridized carbons (Fsp3) is 0. The van der Waals surface area contributed by atoms with Crippen molar-refractivity contribution < 1.29 is 19.7 Å². The Balaban J connectivity index is 2.66. The largest absolute Gasteiger partial charge is 0.478 e. The first-order valence-corrected chi connectivity index (χ1v) is 6.81. The number of anilines is 2. The second kappa shape index (κ2) is 6.40. The Labute approximate surface area is 137 Å². The Bertz CT molecular complexity index is 788. The molecule has 0 aliphatic heterocycles. The maximum atomic E-state index is 11.3. The first-order valence-electron chi connectivity index (χ1n) is 6.02. The Kier molecular flexibility index (Phi) is 4.55. The summed E-state index contributed by atoms with van der Waals surface area (Å²) in [6.07, 6.45) is 0. The first-order chi connectivity index (χ1) is 10.8. The quantitative estimate of drug-likeness (QED) is 0.594. The van der Waals surface area contributed by atoms with Crippen molar-refractivity contribution in [2.24, 2.45) is 0 Å².